The van der Waals surface area contributed by atoms with Gasteiger partial charge in [-0.3, -0.25) is 4.99 Å². The molecule has 1 aliphatic rings. The zero-order chi connectivity index (χ0) is 9.10. The van der Waals surface area contributed by atoms with E-state index < -0.39 is 0 Å². The summed E-state index contributed by atoms with van der Waals surface area (Å²) in [6, 6.07) is 2.02. The summed E-state index contributed by atoms with van der Waals surface area (Å²) in [4.78, 5) is 4.13. The second kappa shape index (κ2) is 3.44. The van der Waals surface area contributed by atoms with Crippen LogP contribution in [0.15, 0.2) is 40.0 Å². The van der Waals surface area contributed by atoms with Crippen molar-refractivity contribution in [2.45, 2.75) is 6.92 Å². The number of hydrogen-bond acceptors (Lipinski definition) is 2. The van der Waals surface area contributed by atoms with Crippen LogP contribution >= 0.6 is 0 Å². The Hall–Kier alpha value is -1.57. The first kappa shape index (κ1) is 8.05. The Kier molecular flexibility index (Phi) is 2.13. The minimum Gasteiger partial charge on any atom is -0.469 e. The number of rotatable bonds is 1. The molecule has 2 rings (SSSR count). The van der Waals surface area contributed by atoms with Gasteiger partial charge in [-0.05, 0) is 24.6 Å². The molecule has 1 aliphatic heterocycles. The molecule has 0 amide bonds. The lowest BCUT2D eigenvalue weighted by Gasteiger charge is -1.92. The van der Waals surface area contributed by atoms with Crippen molar-refractivity contribution in [2.75, 3.05) is 6.54 Å². The molecule has 0 unspecified atom stereocenters. The molecular weight excluding hydrogens is 162 g/mol. The van der Waals surface area contributed by atoms with Crippen molar-refractivity contribution in [3.05, 3.63) is 41.9 Å². The first-order valence-corrected chi connectivity index (χ1v) is 4.28. The molecule has 13 heavy (non-hydrogen) atoms. The van der Waals surface area contributed by atoms with Gasteiger partial charge >= 0.3 is 0 Å². The van der Waals surface area contributed by atoms with E-state index in [1.54, 1.807) is 6.26 Å². The Balaban J connectivity index is 2.35. The van der Waals surface area contributed by atoms with Crippen LogP contribution in [-0.4, -0.2) is 12.8 Å². The molecule has 0 saturated heterocycles. The van der Waals surface area contributed by atoms with Gasteiger partial charge in [0.15, 0.2) is 0 Å². The van der Waals surface area contributed by atoms with Crippen molar-refractivity contribution >= 4 is 11.8 Å². The zero-order valence-electron chi connectivity index (χ0n) is 7.53. The van der Waals surface area contributed by atoms with Gasteiger partial charge in [-0.2, -0.15) is 0 Å². The first-order chi connectivity index (χ1) is 6.36. The molecule has 0 bridgehead atoms. The number of furan rings is 1. The van der Waals surface area contributed by atoms with Gasteiger partial charge in [0.25, 0.3) is 0 Å². The molecule has 0 aliphatic carbocycles. The molecule has 0 atom stereocenters. The normalized spacial score (nSPS) is 15.6. The van der Waals surface area contributed by atoms with Crippen molar-refractivity contribution in [1.29, 1.82) is 0 Å². The van der Waals surface area contributed by atoms with Crippen molar-refractivity contribution < 1.29 is 4.42 Å². The van der Waals surface area contributed by atoms with Gasteiger partial charge in [-0.1, -0.05) is 12.2 Å². The van der Waals surface area contributed by atoms with E-state index in [-0.39, 0.29) is 0 Å². The van der Waals surface area contributed by atoms with E-state index in [9.17, 15) is 0 Å². The fourth-order valence-corrected chi connectivity index (χ4v) is 1.28. The highest BCUT2D eigenvalue weighted by Gasteiger charge is 2.01. The molecule has 0 fully saturated rings. The van der Waals surface area contributed by atoms with Gasteiger partial charge in [0.2, 0.25) is 0 Å². The zero-order valence-corrected chi connectivity index (χ0v) is 7.53. The monoisotopic (exact) mass is 173 g/mol. The molecule has 1 aromatic rings. The fraction of sp³-hybridized carbons (Fsp3) is 0.182. The minimum atomic E-state index is 0.761. The van der Waals surface area contributed by atoms with Crippen LogP contribution in [0.5, 0.6) is 0 Å². The maximum absolute atomic E-state index is 5.24. The lowest BCUT2D eigenvalue weighted by atomic mass is 10.1. The molecule has 66 valence electrons. The van der Waals surface area contributed by atoms with Crippen LogP contribution in [0, 0.1) is 6.92 Å². The predicted molar refractivity (Wildman–Crippen MR) is 53.9 cm³/mol. The van der Waals surface area contributed by atoms with Gasteiger partial charge in [0, 0.05) is 11.8 Å². The Morgan fingerprint density at radius 1 is 1.46 bits per heavy atom. The fourth-order valence-electron chi connectivity index (χ4n) is 1.28. The summed E-state index contributed by atoms with van der Waals surface area (Å²) < 4.78 is 5.24. The highest BCUT2D eigenvalue weighted by Crippen LogP contribution is 2.18. The van der Waals surface area contributed by atoms with E-state index >= 15 is 0 Å². The summed E-state index contributed by atoms with van der Waals surface area (Å²) in [6.45, 7) is 2.70. The summed E-state index contributed by atoms with van der Waals surface area (Å²) in [5, 5.41) is 0. The molecule has 1 aromatic heterocycles. The van der Waals surface area contributed by atoms with Crippen LogP contribution in [0.2, 0.25) is 0 Å². The predicted octanol–water partition coefficient (Wildman–Crippen LogP) is 2.61. The summed E-state index contributed by atoms with van der Waals surface area (Å²) >= 11 is 0. The Morgan fingerprint density at radius 2 is 2.38 bits per heavy atom. The lowest BCUT2D eigenvalue weighted by Crippen LogP contribution is -1.75. The number of hydrogen-bond donors (Lipinski definition) is 0. The molecule has 0 saturated carbocycles. The third kappa shape index (κ3) is 1.78. The maximum Gasteiger partial charge on any atom is 0.101 e. The minimum absolute atomic E-state index is 0.761. The Labute approximate surface area is 77.3 Å². The van der Waals surface area contributed by atoms with Crippen molar-refractivity contribution in [3.8, 4) is 0 Å². The van der Waals surface area contributed by atoms with Crippen LogP contribution in [0.25, 0.3) is 5.57 Å². The third-order valence-electron chi connectivity index (χ3n) is 1.93. The average molecular weight is 173 g/mol. The van der Waals surface area contributed by atoms with E-state index in [2.05, 4.69) is 11.1 Å². The van der Waals surface area contributed by atoms with E-state index in [1.807, 2.05) is 31.4 Å². The summed E-state index contributed by atoms with van der Waals surface area (Å²) in [6.07, 6.45) is 9.70. The highest BCUT2D eigenvalue weighted by molar-refractivity contribution is 5.89. The molecular formula is C11H11NO. The summed E-state index contributed by atoms with van der Waals surface area (Å²) in [5.41, 5.74) is 2.26. The number of aryl methyl sites for hydroxylation is 1. The molecule has 2 nitrogen and oxygen atoms in total. The number of aliphatic imine (C=N–C) groups is 1. The van der Waals surface area contributed by atoms with Gasteiger partial charge in [-0.25, -0.2) is 0 Å². The molecule has 2 heteroatoms. The molecule has 0 spiro atoms. The SMILES string of the molecule is Cc1cc(C2=CC=NCC=C2)co1. The van der Waals surface area contributed by atoms with Gasteiger partial charge in [0.05, 0.1) is 12.8 Å². The highest BCUT2D eigenvalue weighted by atomic mass is 16.3. The topological polar surface area (TPSA) is 25.5 Å². The Bertz CT molecular complexity index is 383. The van der Waals surface area contributed by atoms with Crippen molar-refractivity contribution in [1.82, 2.24) is 0 Å². The second-order valence-electron chi connectivity index (χ2n) is 2.98. The standard InChI is InChI=1S/C11H11NO/c1-9-7-11(8-13-9)10-3-2-5-12-6-4-10/h2-4,6-8H,5H2,1H3. The second-order valence-corrected chi connectivity index (χ2v) is 2.98. The van der Waals surface area contributed by atoms with E-state index in [0.717, 1.165) is 23.4 Å². The van der Waals surface area contributed by atoms with Gasteiger partial charge < -0.3 is 4.42 Å². The van der Waals surface area contributed by atoms with Crippen molar-refractivity contribution in [3.63, 3.8) is 0 Å². The van der Waals surface area contributed by atoms with Crippen molar-refractivity contribution in [2.24, 2.45) is 4.99 Å². The average Bonchev–Trinajstić information content (AvgIpc) is 2.43. The maximum atomic E-state index is 5.24. The first-order valence-electron chi connectivity index (χ1n) is 4.28. The van der Waals surface area contributed by atoms with Crippen LogP contribution < -0.4 is 0 Å². The molecule has 2 heterocycles. The van der Waals surface area contributed by atoms with Crippen LogP contribution in [0.1, 0.15) is 11.3 Å². The number of nitrogens with zero attached hydrogens (tertiary/aromatic N) is 1. The van der Waals surface area contributed by atoms with Gasteiger partial charge in [-0.15, -0.1) is 0 Å². The quantitative estimate of drug-likeness (QED) is 0.640. The summed E-state index contributed by atoms with van der Waals surface area (Å²) in [5.74, 6) is 0.936. The van der Waals surface area contributed by atoms with Gasteiger partial charge in [0.1, 0.15) is 5.76 Å². The molecule has 0 N–H and O–H groups in total. The van der Waals surface area contributed by atoms with E-state index in [1.165, 1.54) is 0 Å². The van der Waals surface area contributed by atoms with E-state index in [0.29, 0.717) is 0 Å². The number of allylic oxidation sites excluding steroid dienone is 3. The largest absolute Gasteiger partial charge is 0.469 e. The lowest BCUT2D eigenvalue weighted by molar-refractivity contribution is 0.534. The van der Waals surface area contributed by atoms with Crippen LogP contribution in [0.4, 0.5) is 0 Å². The Morgan fingerprint density at radius 3 is 3.15 bits per heavy atom. The summed E-state index contributed by atoms with van der Waals surface area (Å²) in [7, 11) is 0. The molecule has 0 aromatic carbocycles. The molecule has 0 radical (unpaired) electrons. The van der Waals surface area contributed by atoms with Crippen LogP contribution in [-0.2, 0) is 0 Å². The van der Waals surface area contributed by atoms with Crippen LogP contribution in [0.3, 0.4) is 0 Å². The smallest absolute Gasteiger partial charge is 0.101 e. The van der Waals surface area contributed by atoms with E-state index in [4.69, 9.17) is 4.42 Å². The third-order valence-corrected chi connectivity index (χ3v) is 1.93.